The molecule has 21 heavy (non-hydrogen) atoms. The highest BCUT2D eigenvalue weighted by atomic mass is 14.9. The minimum Gasteiger partial charge on any atom is -0.303 e. The fraction of sp³-hybridized carbons (Fsp3) is 0.400. The van der Waals surface area contributed by atoms with E-state index >= 15 is 0 Å². The molecule has 0 aromatic heterocycles. The van der Waals surface area contributed by atoms with Crippen molar-refractivity contribution in [2.75, 3.05) is 0 Å². The maximum atomic E-state index is 3.89. The van der Waals surface area contributed by atoms with E-state index in [1.165, 1.54) is 36.8 Å². The third-order valence-electron chi connectivity index (χ3n) is 3.96. The van der Waals surface area contributed by atoms with Crippen molar-refractivity contribution in [3.05, 3.63) is 71.8 Å². The maximum absolute atomic E-state index is 3.89. The van der Waals surface area contributed by atoms with E-state index in [0.29, 0.717) is 12.1 Å². The third-order valence-corrected chi connectivity index (χ3v) is 3.96. The highest BCUT2D eigenvalue weighted by molar-refractivity contribution is 5.22. The molecule has 0 spiro atoms. The molecule has 2 aromatic carbocycles. The smallest absolute Gasteiger partial charge is 0.0325 e. The van der Waals surface area contributed by atoms with Crippen LogP contribution in [0.25, 0.3) is 0 Å². The van der Waals surface area contributed by atoms with Gasteiger partial charge in [-0.1, -0.05) is 87.4 Å². The van der Waals surface area contributed by atoms with E-state index in [9.17, 15) is 0 Å². The molecule has 2 atom stereocenters. The summed E-state index contributed by atoms with van der Waals surface area (Å²) >= 11 is 0. The fourth-order valence-electron chi connectivity index (χ4n) is 2.88. The van der Waals surface area contributed by atoms with Gasteiger partial charge >= 0.3 is 0 Å². The molecule has 1 heteroatoms. The Bertz CT molecular complexity index is 444. The van der Waals surface area contributed by atoms with Gasteiger partial charge in [0.25, 0.3) is 0 Å². The number of benzene rings is 2. The summed E-state index contributed by atoms with van der Waals surface area (Å²) in [6.07, 6.45) is 4.74. The molecule has 0 aliphatic carbocycles. The normalized spacial score (nSPS) is 13.8. The second-order valence-corrected chi connectivity index (χ2v) is 5.67. The van der Waals surface area contributed by atoms with E-state index in [1.807, 2.05) is 0 Å². The van der Waals surface area contributed by atoms with E-state index in [-0.39, 0.29) is 0 Å². The molecule has 2 unspecified atom stereocenters. The van der Waals surface area contributed by atoms with Gasteiger partial charge < -0.3 is 5.32 Å². The summed E-state index contributed by atoms with van der Waals surface area (Å²) in [4.78, 5) is 0. The zero-order valence-corrected chi connectivity index (χ0v) is 13.3. The van der Waals surface area contributed by atoms with Crippen molar-refractivity contribution in [3.63, 3.8) is 0 Å². The molecule has 0 aliphatic rings. The number of hydrogen-bond acceptors (Lipinski definition) is 1. The van der Waals surface area contributed by atoms with E-state index in [2.05, 4.69) is 79.8 Å². The predicted octanol–water partition coefficient (Wildman–Crippen LogP) is 5.66. The van der Waals surface area contributed by atoms with E-state index in [0.717, 1.165) is 0 Å². The third kappa shape index (κ3) is 4.71. The number of rotatable bonds is 8. The van der Waals surface area contributed by atoms with Crippen LogP contribution in [0.3, 0.4) is 0 Å². The summed E-state index contributed by atoms with van der Waals surface area (Å²) in [7, 11) is 0. The van der Waals surface area contributed by atoms with Crippen LogP contribution in [0.4, 0.5) is 0 Å². The Hall–Kier alpha value is -1.60. The van der Waals surface area contributed by atoms with Gasteiger partial charge in [0.05, 0.1) is 0 Å². The lowest BCUT2D eigenvalue weighted by atomic mass is 9.97. The van der Waals surface area contributed by atoms with E-state index in [1.54, 1.807) is 0 Å². The summed E-state index contributed by atoms with van der Waals surface area (Å²) < 4.78 is 0. The number of hydrogen-bond donors (Lipinski definition) is 1. The zero-order chi connectivity index (χ0) is 14.9. The van der Waals surface area contributed by atoms with Crippen molar-refractivity contribution in [1.82, 2.24) is 5.32 Å². The summed E-state index contributed by atoms with van der Waals surface area (Å²) in [6, 6.07) is 22.6. The van der Waals surface area contributed by atoms with Gasteiger partial charge in [-0.05, 0) is 24.0 Å². The molecule has 0 aliphatic heterocycles. The maximum Gasteiger partial charge on any atom is 0.0325 e. The molecule has 0 radical (unpaired) electrons. The molecule has 0 saturated heterocycles. The SMILES string of the molecule is CCCC(NC(CCC)c1ccccc1)c1ccccc1. The first-order valence-corrected chi connectivity index (χ1v) is 8.21. The predicted molar refractivity (Wildman–Crippen MR) is 91.3 cm³/mol. The molecule has 0 saturated carbocycles. The van der Waals surface area contributed by atoms with Crippen LogP contribution in [-0.4, -0.2) is 0 Å². The van der Waals surface area contributed by atoms with Gasteiger partial charge in [0.15, 0.2) is 0 Å². The van der Waals surface area contributed by atoms with Crippen molar-refractivity contribution in [1.29, 1.82) is 0 Å². The Morgan fingerprint density at radius 3 is 1.38 bits per heavy atom. The standard InChI is InChI=1S/C20H27N/c1-3-11-19(17-13-7-5-8-14-17)21-20(12-4-2)18-15-9-6-10-16-18/h5-10,13-16,19-21H,3-4,11-12H2,1-2H3. The lowest BCUT2D eigenvalue weighted by Crippen LogP contribution is -2.26. The molecule has 0 amide bonds. The van der Waals surface area contributed by atoms with Crippen LogP contribution < -0.4 is 5.32 Å². The van der Waals surface area contributed by atoms with Gasteiger partial charge in [-0.3, -0.25) is 0 Å². The molecular weight excluding hydrogens is 254 g/mol. The van der Waals surface area contributed by atoms with Gasteiger partial charge in [-0.25, -0.2) is 0 Å². The Morgan fingerprint density at radius 2 is 1.05 bits per heavy atom. The number of nitrogens with one attached hydrogen (secondary N) is 1. The van der Waals surface area contributed by atoms with Gasteiger partial charge in [0, 0.05) is 12.1 Å². The van der Waals surface area contributed by atoms with Crippen molar-refractivity contribution in [2.45, 2.75) is 51.6 Å². The molecule has 0 heterocycles. The van der Waals surface area contributed by atoms with Crippen LogP contribution >= 0.6 is 0 Å². The van der Waals surface area contributed by atoms with Crippen LogP contribution in [0.15, 0.2) is 60.7 Å². The average molecular weight is 281 g/mol. The lowest BCUT2D eigenvalue weighted by molar-refractivity contribution is 0.401. The molecule has 112 valence electrons. The van der Waals surface area contributed by atoms with Crippen molar-refractivity contribution in [2.24, 2.45) is 0 Å². The average Bonchev–Trinajstić information content (AvgIpc) is 2.55. The molecule has 0 fully saturated rings. The van der Waals surface area contributed by atoms with Crippen LogP contribution in [0.1, 0.15) is 62.7 Å². The van der Waals surface area contributed by atoms with Crippen LogP contribution in [0.5, 0.6) is 0 Å². The zero-order valence-electron chi connectivity index (χ0n) is 13.3. The monoisotopic (exact) mass is 281 g/mol. The van der Waals surface area contributed by atoms with Crippen LogP contribution in [0, 0.1) is 0 Å². The molecule has 1 N–H and O–H groups in total. The lowest BCUT2D eigenvalue weighted by Gasteiger charge is -2.26. The highest BCUT2D eigenvalue weighted by Crippen LogP contribution is 2.26. The Kier molecular flexibility index (Phi) is 6.49. The molecule has 2 rings (SSSR count). The molecule has 0 bridgehead atoms. The molecule has 2 aromatic rings. The minimum atomic E-state index is 0.438. The minimum absolute atomic E-state index is 0.438. The second kappa shape index (κ2) is 8.63. The van der Waals surface area contributed by atoms with Crippen molar-refractivity contribution >= 4 is 0 Å². The summed E-state index contributed by atoms with van der Waals surface area (Å²) in [6.45, 7) is 4.52. The van der Waals surface area contributed by atoms with Gasteiger partial charge in [0.2, 0.25) is 0 Å². The van der Waals surface area contributed by atoms with Crippen LogP contribution in [-0.2, 0) is 0 Å². The molecule has 1 nitrogen and oxygen atoms in total. The fourth-order valence-corrected chi connectivity index (χ4v) is 2.88. The Balaban J connectivity index is 2.16. The summed E-state index contributed by atoms with van der Waals surface area (Å²) in [5, 5.41) is 3.89. The largest absolute Gasteiger partial charge is 0.303 e. The van der Waals surface area contributed by atoms with Crippen molar-refractivity contribution in [3.8, 4) is 0 Å². The Labute approximate surface area is 129 Å². The topological polar surface area (TPSA) is 12.0 Å². The first-order chi connectivity index (χ1) is 10.3. The second-order valence-electron chi connectivity index (χ2n) is 5.67. The van der Waals surface area contributed by atoms with Gasteiger partial charge in [-0.2, -0.15) is 0 Å². The first kappa shape index (κ1) is 15.8. The van der Waals surface area contributed by atoms with Crippen LogP contribution in [0.2, 0.25) is 0 Å². The van der Waals surface area contributed by atoms with Gasteiger partial charge in [-0.15, -0.1) is 0 Å². The highest BCUT2D eigenvalue weighted by Gasteiger charge is 2.17. The molecular formula is C20H27N. The quantitative estimate of drug-likeness (QED) is 0.658. The van der Waals surface area contributed by atoms with Crippen molar-refractivity contribution < 1.29 is 0 Å². The summed E-state index contributed by atoms with van der Waals surface area (Å²) in [5.41, 5.74) is 2.80. The van der Waals surface area contributed by atoms with E-state index in [4.69, 9.17) is 0 Å². The Morgan fingerprint density at radius 1 is 0.667 bits per heavy atom. The first-order valence-electron chi connectivity index (χ1n) is 8.21. The van der Waals surface area contributed by atoms with E-state index < -0.39 is 0 Å². The van der Waals surface area contributed by atoms with Gasteiger partial charge in [0.1, 0.15) is 0 Å². The summed E-state index contributed by atoms with van der Waals surface area (Å²) in [5.74, 6) is 0.